The van der Waals surface area contributed by atoms with Crippen LogP contribution in [-0.2, 0) is 14.3 Å². The van der Waals surface area contributed by atoms with Crippen LogP contribution in [0.1, 0.15) is 13.8 Å². The highest BCUT2D eigenvalue weighted by atomic mass is 16.8. The van der Waals surface area contributed by atoms with E-state index in [-0.39, 0.29) is 5.57 Å². The van der Waals surface area contributed by atoms with E-state index in [0.29, 0.717) is 11.6 Å². The molecular weight excluding hydrogens is 264 g/mol. The van der Waals surface area contributed by atoms with E-state index in [1.807, 2.05) is 0 Å². The van der Waals surface area contributed by atoms with Gasteiger partial charge in [0.2, 0.25) is 11.7 Å². The quantitative estimate of drug-likeness (QED) is 0.631. The fraction of sp³-hybridized carbons (Fsp3) is 0.385. The number of cyclic esters (lactones) is 1. The summed E-state index contributed by atoms with van der Waals surface area (Å²) in [5.74, 6) is -1.30. The van der Waals surface area contributed by atoms with E-state index >= 15 is 0 Å². The Morgan fingerprint density at radius 2 is 2.25 bits per heavy atom. The van der Waals surface area contributed by atoms with Crippen LogP contribution in [0.2, 0.25) is 0 Å². The monoisotopic (exact) mass is 280 g/mol. The second-order valence-corrected chi connectivity index (χ2v) is 4.59. The highest BCUT2D eigenvalue weighted by molar-refractivity contribution is 5.90. The molecule has 1 aromatic rings. The van der Waals surface area contributed by atoms with Gasteiger partial charge in [0.25, 0.3) is 0 Å². The zero-order chi connectivity index (χ0) is 14.8. The zero-order valence-electron chi connectivity index (χ0n) is 11.4. The molecule has 1 unspecified atom stereocenters. The summed E-state index contributed by atoms with van der Waals surface area (Å²) in [5, 5.41) is 12.6. The minimum atomic E-state index is -1.34. The zero-order valence-corrected chi connectivity index (χ0v) is 11.4. The van der Waals surface area contributed by atoms with Crippen LogP contribution >= 0.6 is 0 Å². The van der Waals surface area contributed by atoms with Gasteiger partial charge in [0.15, 0.2) is 6.29 Å². The second-order valence-electron chi connectivity index (χ2n) is 4.59. The van der Waals surface area contributed by atoms with Gasteiger partial charge in [0, 0.05) is 26.1 Å². The number of nitrogens with one attached hydrogen (secondary N) is 1. The molecule has 2 heterocycles. The molecule has 2 N–H and O–H groups in total. The van der Waals surface area contributed by atoms with Crippen molar-refractivity contribution in [3.05, 3.63) is 30.1 Å². The number of carbonyl (C=O) groups excluding carboxylic acids is 1. The first kappa shape index (κ1) is 14.3. The largest absolute Gasteiger partial charge is 0.481 e. The Morgan fingerprint density at radius 3 is 2.80 bits per heavy atom. The normalized spacial score (nSPS) is 23.3. The molecule has 0 aliphatic carbocycles. The van der Waals surface area contributed by atoms with Crippen LogP contribution in [0.3, 0.4) is 0 Å². The van der Waals surface area contributed by atoms with E-state index in [1.165, 1.54) is 19.5 Å². The Bertz CT molecular complexity index is 524. The predicted molar refractivity (Wildman–Crippen MR) is 69.8 cm³/mol. The molecule has 0 aromatic carbocycles. The summed E-state index contributed by atoms with van der Waals surface area (Å²) in [4.78, 5) is 15.7. The van der Waals surface area contributed by atoms with Crippen LogP contribution in [0.15, 0.2) is 30.1 Å². The SMILES string of the molecule is COc1ccc(N/C=C2\C(=O)OC(C)(C)OC2O)cn1. The molecule has 2 rings (SSSR count). The van der Waals surface area contributed by atoms with E-state index in [2.05, 4.69) is 10.3 Å². The number of anilines is 1. The Balaban J connectivity index is 2.08. The number of nitrogens with zero attached hydrogens (tertiary/aromatic N) is 1. The van der Waals surface area contributed by atoms with Gasteiger partial charge in [-0.2, -0.15) is 0 Å². The molecule has 1 aliphatic rings. The first-order valence-electron chi connectivity index (χ1n) is 5.97. The average molecular weight is 280 g/mol. The van der Waals surface area contributed by atoms with Crippen LogP contribution in [-0.4, -0.2) is 35.2 Å². The Kier molecular flexibility index (Phi) is 3.91. The number of aliphatic hydroxyl groups excluding tert-OH is 1. The number of esters is 1. The topological polar surface area (TPSA) is 89.9 Å². The maximum atomic E-state index is 11.7. The standard InChI is InChI=1S/C13H16N2O5/c1-13(2)19-11(16)9(12(17)20-13)7-14-8-4-5-10(18-3)15-6-8/h4-7,11,14,16H,1-3H3/b9-7-. The smallest absolute Gasteiger partial charge is 0.343 e. The molecule has 0 bridgehead atoms. The molecule has 1 aromatic heterocycles. The van der Waals surface area contributed by atoms with Crippen LogP contribution in [0, 0.1) is 0 Å². The first-order valence-corrected chi connectivity index (χ1v) is 5.97. The summed E-state index contributed by atoms with van der Waals surface area (Å²) in [7, 11) is 1.52. The second kappa shape index (κ2) is 5.48. The number of ether oxygens (including phenoxy) is 3. The van der Waals surface area contributed by atoms with Gasteiger partial charge in [-0.1, -0.05) is 0 Å². The van der Waals surface area contributed by atoms with Crippen molar-refractivity contribution in [1.82, 2.24) is 4.98 Å². The number of methoxy groups -OCH3 is 1. The molecule has 0 amide bonds. The molecule has 1 saturated heterocycles. The van der Waals surface area contributed by atoms with E-state index in [1.54, 1.807) is 26.0 Å². The van der Waals surface area contributed by atoms with Crippen molar-refractivity contribution in [3.8, 4) is 5.88 Å². The Hall–Kier alpha value is -2.12. The third-order valence-electron chi connectivity index (χ3n) is 2.58. The molecule has 1 fully saturated rings. The highest BCUT2D eigenvalue weighted by Crippen LogP contribution is 2.25. The van der Waals surface area contributed by atoms with E-state index in [4.69, 9.17) is 14.2 Å². The lowest BCUT2D eigenvalue weighted by molar-refractivity contribution is -0.279. The van der Waals surface area contributed by atoms with Crippen molar-refractivity contribution in [1.29, 1.82) is 0 Å². The summed E-state index contributed by atoms with van der Waals surface area (Å²) in [6, 6.07) is 3.38. The van der Waals surface area contributed by atoms with Crippen molar-refractivity contribution in [2.75, 3.05) is 12.4 Å². The molecule has 108 valence electrons. The summed E-state index contributed by atoms with van der Waals surface area (Å²) in [5.41, 5.74) is 0.614. The van der Waals surface area contributed by atoms with Gasteiger partial charge < -0.3 is 24.6 Å². The van der Waals surface area contributed by atoms with Gasteiger partial charge >= 0.3 is 5.97 Å². The maximum absolute atomic E-state index is 11.7. The minimum Gasteiger partial charge on any atom is -0.481 e. The van der Waals surface area contributed by atoms with Crippen molar-refractivity contribution in [2.24, 2.45) is 0 Å². The molecule has 0 saturated carbocycles. The highest BCUT2D eigenvalue weighted by Gasteiger charge is 2.38. The molecule has 1 aliphatic heterocycles. The summed E-state index contributed by atoms with van der Waals surface area (Å²) >= 11 is 0. The Labute approximate surface area is 116 Å². The fourth-order valence-corrected chi connectivity index (χ4v) is 1.62. The minimum absolute atomic E-state index is 0.0138. The van der Waals surface area contributed by atoms with E-state index in [0.717, 1.165) is 0 Å². The summed E-state index contributed by atoms with van der Waals surface area (Å²) in [6.07, 6.45) is 1.51. The van der Waals surface area contributed by atoms with Gasteiger partial charge in [0.05, 0.1) is 19.0 Å². The number of hydrogen-bond acceptors (Lipinski definition) is 7. The first-order chi connectivity index (χ1) is 9.41. The number of aliphatic hydroxyl groups is 1. The number of aromatic nitrogens is 1. The van der Waals surface area contributed by atoms with Crippen LogP contribution in [0.4, 0.5) is 5.69 Å². The summed E-state index contributed by atoms with van der Waals surface area (Å²) < 4.78 is 15.1. The average Bonchev–Trinajstić information content (AvgIpc) is 2.37. The van der Waals surface area contributed by atoms with Crippen molar-refractivity contribution < 1.29 is 24.1 Å². The van der Waals surface area contributed by atoms with Gasteiger partial charge in [-0.05, 0) is 6.07 Å². The van der Waals surface area contributed by atoms with Crippen molar-refractivity contribution in [2.45, 2.75) is 25.9 Å². The van der Waals surface area contributed by atoms with Gasteiger partial charge in [-0.15, -0.1) is 0 Å². The molecule has 0 radical (unpaired) electrons. The van der Waals surface area contributed by atoms with E-state index in [9.17, 15) is 9.90 Å². The number of hydrogen-bond donors (Lipinski definition) is 2. The van der Waals surface area contributed by atoms with Crippen LogP contribution in [0.5, 0.6) is 5.88 Å². The fourth-order valence-electron chi connectivity index (χ4n) is 1.62. The molecule has 0 spiro atoms. The van der Waals surface area contributed by atoms with Gasteiger partial charge in [0.1, 0.15) is 5.57 Å². The molecule has 7 nitrogen and oxygen atoms in total. The molecule has 1 atom stereocenters. The Morgan fingerprint density at radius 1 is 1.50 bits per heavy atom. The summed E-state index contributed by atoms with van der Waals surface area (Å²) in [6.45, 7) is 3.09. The third kappa shape index (κ3) is 3.25. The molecule has 7 heteroatoms. The van der Waals surface area contributed by atoms with Crippen molar-refractivity contribution >= 4 is 11.7 Å². The lowest BCUT2D eigenvalue weighted by Crippen LogP contribution is -2.44. The number of pyridine rings is 1. The van der Waals surface area contributed by atoms with E-state index < -0.39 is 18.0 Å². The van der Waals surface area contributed by atoms with Gasteiger partial charge in [-0.25, -0.2) is 9.78 Å². The van der Waals surface area contributed by atoms with Gasteiger partial charge in [-0.3, -0.25) is 0 Å². The predicted octanol–water partition coefficient (Wildman–Crippen LogP) is 1.01. The lowest BCUT2D eigenvalue weighted by atomic mass is 10.2. The number of carbonyl (C=O) groups is 1. The number of rotatable bonds is 3. The van der Waals surface area contributed by atoms with Crippen LogP contribution < -0.4 is 10.1 Å². The lowest BCUT2D eigenvalue weighted by Gasteiger charge is -2.33. The molecule has 20 heavy (non-hydrogen) atoms. The van der Waals surface area contributed by atoms with Crippen molar-refractivity contribution in [3.63, 3.8) is 0 Å². The third-order valence-corrected chi connectivity index (χ3v) is 2.58. The molecular formula is C13H16N2O5. The maximum Gasteiger partial charge on any atom is 0.343 e. The van der Waals surface area contributed by atoms with Crippen LogP contribution in [0.25, 0.3) is 0 Å².